The van der Waals surface area contributed by atoms with Crippen molar-refractivity contribution in [2.45, 2.75) is 19.3 Å². The Bertz CT molecular complexity index is 791. The molecule has 1 saturated heterocycles. The number of sulfonamides is 1. The molecule has 6 nitrogen and oxygen atoms in total. The van der Waals surface area contributed by atoms with Gasteiger partial charge in [0.25, 0.3) is 0 Å². The Morgan fingerprint density at radius 3 is 2.91 bits per heavy atom. The molecule has 2 heterocycles. The molecule has 1 aliphatic rings. The molecule has 1 fully saturated rings. The molecule has 124 valence electrons. The number of aromatic nitrogens is 2. The van der Waals surface area contributed by atoms with Crippen LogP contribution in [-0.2, 0) is 16.4 Å². The standard InChI is InChI=1S/C15H18FN3O3S/c1-23(20,21)19-8-4-5-11(10-19)9-14-17-15(18-22-14)12-6-2-3-7-13(12)16/h2-3,6-7,11H,4-5,8-10H2,1H3. The van der Waals surface area contributed by atoms with Crippen LogP contribution in [0.5, 0.6) is 0 Å². The normalized spacial score (nSPS) is 19.8. The van der Waals surface area contributed by atoms with Crippen molar-refractivity contribution < 1.29 is 17.3 Å². The van der Waals surface area contributed by atoms with Crippen LogP contribution in [0.2, 0.25) is 0 Å². The van der Waals surface area contributed by atoms with Gasteiger partial charge >= 0.3 is 0 Å². The van der Waals surface area contributed by atoms with Gasteiger partial charge in [0.2, 0.25) is 21.7 Å². The second-order valence-electron chi connectivity index (χ2n) is 5.82. The highest BCUT2D eigenvalue weighted by Crippen LogP contribution is 2.24. The van der Waals surface area contributed by atoms with Crippen LogP contribution in [-0.4, -0.2) is 42.2 Å². The van der Waals surface area contributed by atoms with Gasteiger partial charge in [-0.1, -0.05) is 17.3 Å². The monoisotopic (exact) mass is 339 g/mol. The van der Waals surface area contributed by atoms with Crippen molar-refractivity contribution >= 4 is 10.0 Å². The molecule has 0 amide bonds. The highest BCUT2D eigenvalue weighted by Gasteiger charge is 2.27. The van der Waals surface area contributed by atoms with Crippen LogP contribution in [0.15, 0.2) is 28.8 Å². The predicted octanol–water partition coefficient (Wildman–Crippen LogP) is 2.09. The summed E-state index contributed by atoms with van der Waals surface area (Å²) in [7, 11) is -3.18. The molecule has 3 rings (SSSR count). The van der Waals surface area contributed by atoms with Gasteiger partial charge in [0.05, 0.1) is 11.8 Å². The molecule has 0 N–H and O–H groups in total. The van der Waals surface area contributed by atoms with Crippen molar-refractivity contribution in [3.8, 4) is 11.4 Å². The van der Waals surface area contributed by atoms with Gasteiger partial charge in [-0.2, -0.15) is 4.98 Å². The minimum Gasteiger partial charge on any atom is -0.339 e. The van der Waals surface area contributed by atoms with Gasteiger partial charge in [-0.3, -0.25) is 0 Å². The molecule has 1 aromatic heterocycles. The second kappa shape index (κ2) is 6.37. The molecular formula is C15H18FN3O3S. The van der Waals surface area contributed by atoms with E-state index in [1.54, 1.807) is 18.2 Å². The van der Waals surface area contributed by atoms with Crippen LogP contribution in [0, 0.1) is 11.7 Å². The molecule has 0 bridgehead atoms. The number of halogens is 1. The van der Waals surface area contributed by atoms with Gasteiger partial charge in [0, 0.05) is 19.5 Å². The minimum absolute atomic E-state index is 0.132. The second-order valence-corrected chi connectivity index (χ2v) is 7.81. The fourth-order valence-corrected chi connectivity index (χ4v) is 3.77. The molecule has 0 saturated carbocycles. The summed E-state index contributed by atoms with van der Waals surface area (Å²) in [6.07, 6.45) is 3.43. The smallest absolute Gasteiger partial charge is 0.227 e. The highest BCUT2D eigenvalue weighted by molar-refractivity contribution is 7.88. The lowest BCUT2D eigenvalue weighted by Gasteiger charge is -2.30. The fourth-order valence-electron chi connectivity index (χ4n) is 2.83. The first-order valence-corrected chi connectivity index (χ1v) is 9.31. The number of benzene rings is 1. The summed E-state index contributed by atoms with van der Waals surface area (Å²) < 4.78 is 43.7. The molecule has 8 heteroatoms. The quantitative estimate of drug-likeness (QED) is 0.852. The average molecular weight is 339 g/mol. The third kappa shape index (κ3) is 3.76. The summed E-state index contributed by atoms with van der Waals surface area (Å²) in [5, 5.41) is 3.82. The molecule has 1 aromatic carbocycles. The number of piperidine rings is 1. The zero-order chi connectivity index (χ0) is 16.4. The van der Waals surface area contributed by atoms with Crippen molar-refractivity contribution in [2.24, 2.45) is 5.92 Å². The van der Waals surface area contributed by atoms with Gasteiger partial charge in [0.15, 0.2) is 0 Å². The molecule has 23 heavy (non-hydrogen) atoms. The molecule has 1 aliphatic heterocycles. The lowest BCUT2D eigenvalue weighted by Crippen LogP contribution is -2.39. The number of nitrogens with zero attached hydrogens (tertiary/aromatic N) is 3. The summed E-state index contributed by atoms with van der Waals surface area (Å²) in [5.74, 6) is 0.352. The van der Waals surface area contributed by atoms with Gasteiger partial charge in [-0.25, -0.2) is 17.1 Å². The van der Waals surface area contributed by atoms with E-state index in [1.165, 1.54) is 16.6 Å². The maximum absolute atomic E-state index is 13.7. The van der Waals surface area contributed by atoms with E-state index in [9.17, 15) is 12.8 Å². The van der Waals surface area contributed by atoms with Crippen LogP contribution in [0.1, 0.15) is 18.7 Å². The zero-order valence-corrected chi connectivity index (χ0v) is 13.6. The maximum atomic E-state index is 13.7. The van der Waals surface area contributed by atoms with E-state index < -0.39 is 15.8 Å². The Kier molecular flexibility index (Phi) is 4.45. The molecule has 0 spiro atoms. The van der Waals surface area contributed by atoms with Gasteiger partial charge in [-0.05, 0) is 30.9 Å². The Labute approximate surface area is 134 Å². The number of hydrogen-bond donors (Lipinski definition) is 0. The van der Waals surface area contributed by atoms with E-state index in [2.05, 4.69) is 10.1 Å². The fraction of sp³-hybridized carbons (Fsp3) is 0.467. The summed E-state index contributed by atoms with van der Waals surface area (Å²) >= 11 is 0. The van der Waals surface area contributed by atoms with Gasteiger partial charge < -0.3 is 4.52 Å². The highest BCUT2D eigenvalue weighted by atomic mass is 32.2. The summed E-state index contributed by atoms with van der Waals surface area (Å²) in [6.45, 7) is 1.01. The van der Waals surface area contributed by atoms with E-state index >= 15 is 0 Å². The third-order valence-electron chi connectivity index (χ3n) is 4.00. The van der Waals surface area contributed by atoms with E-state index in [4.69, 9.17) is 4.52 Å². The lowest BCUT2D eigenvalue weighted by atomic mass is 9.96. The van der Waals surface area contributed by atoms with Gasteiger partial charge in [0.1, 0.15) is 5.82 Å². The van der Waals surface area contributed by atoms with Crippen LogP contribution in [0.3, 0.4) is 0 Å². The number of rotatable bonds is 4. The van der Waals surface area contributed by atoms with Crippen molar-refractivity contribution in [1.82, 2.24) is 14.4 Å². The first-order valence-electron chi connectivity index (χ1n) is 7.46. The van der Waals surface area contributed by atoms with E-state index in [0.717, 1.165) is 12.8 Å². The average Bonchev–Trinajstić information content (AvgIpc) is 2.95. The summed E-state index contributed by atoms with van der Waals surface area (Å²) in [5.41, 5.74) is 0.295. The third-order valence-corrected chi connectivity index (χ3v) is 5.27. The summed E-state index contributed by atoms with van der Waals surface area (Å²) in [4.78, 5) is 4.24. The van der Waals surface area contributed by atoms with E-state index in [0.29, 0.717) is 31.0 Å². The van der Waals surface area contributed by atoms with Crippen molar-refractivity contribution in [2.75, 3.05) is 19.3 Å². The Hall–Kier alpha value is -1.80. The van der Waals surface area contributed by atoms with E-state index in [-0.39, 0.29) is 11.7 Å². The Morgan fingerprint density at radius 1 is 1.39 bits per heavy atom. The van der Waals surface area contributed by atoms with Crippen LogP contribution >= 0.6 is 0 Å². The van der Waals surface area contributed by atoms with Crippen molar-refractivity contribution in [1.29, 1.82) is 0 Å². The maximum Gasteiger partial charge on any atom is 0.227 e. The Balaban J connectivity index is 1.71. The van der Waals surface area contributed by atoms with Crippen molar-refractivity contribution in [3.63, 3.8) is 0 Å². The predicted molar refractivity (Wildman–Crippen MR) is 82.5 cm³/mol. The Morgan fingerprint density at radius 2 is 2.17 bits per heavy atom. The topological polar surface area (TPSA) is 76.3 Å². The van der Waals surface area contributed by atoms with Crippen LogP contribution < -0.4 is 0 Å². The van der Waals surface area contributed by atoms with E-state index in [1.807, 2.05) is 0 Å². The van der Waals surface area contributed by atoms with Crippen molar-refractivity contribution in [3.05, 3.63) is 36.0 Å². The number of hydrogen-bond acceptors (Lipinski definition) is 5. The molecule has 1 atom stereocenters. The molecule has 0 radical (unpaired) electrons. The first-order chi connectivity index (χ1) is 10.9. The first kappa shape index (κ1) is 16.1. The zero-order valence-electron chi connectivity index (χ0n) is 12.8. The molecule has 2 aromatic rings. The SMILES string of the molecule is CS(=O)(=O)N1CCCC(Cc2nc(-c3ccccc3F)no2)C1. The minimum atomic E-state index is -3.18. The lowest BCUT2D eigenvalue weighted by molar-refractivity contribution is 0.248. The van der Waals surface area contributed by atoms with Crippen LogP contribution in [0.25, 0.3) is 11.4 Å². The van der Waals surface area contributed by atoms with Gasteiger partial charge in [-0.15, -0.1) is 0 Å². The van der Waals surface area contributed by atoms with Crippen LogP contribution in [0.4, 0.5) is 4.39 Å². The molecular weight excluding hydrogens is 321 g/mol. The molecule has 1 unspecified atom stereocenters. The summed E-state index contributed by atoms with van der Waals surface area (Å²) in [6, 6.07) is 6.24. The largest absolute Gasteiger partial charge is 0.339 e. The molecule has 0 aliphatic carbocycles.